The molecule has 1 aromatic carbocycles. The maximum atomic E-state index is 12.2. The van der Waals surface area contributed by atoms with Gasteiger partial charge in [0.15, 0.2) is 0 Å². The molecule has 7 heteroatoms. The average Bonchev–Trinajstić information content (AvgIpc) is 2.35. The molecule has 0 aromatic heterocycles. The molecular formula is C14H20N2O4S. The van der Waals surface area contributed by atoms with E-state index >= 15 is 0 Å². The highest BCUT2D eigenvalue weighted by Gasteiger charge is 2.33. The number of sulfonamides is 1. The number of nitrogens with one attached hydrogen (secondary N) is 2. The highest BCUT2D eigenvalue weighted by atomic mass is 32.2. The summed E-state index contributed by atoms with van der Waals surface area (Å²) in [5, 5.41) is 11.9. The molecule has 1 aromatic rings. The summed E-state index contributed by atoms with van der Waals surface area (Å²) in [6, 6.07) is 4.63. The number of hydrogen-bond acceptors (Lipinski definition) is 4. The number of aliphatic hydroxyl groups is 1. The van der Waals surface area contributed by atoms with Crippen molar-refractivity contribution in [3.63, 3.8) is 0 Å². The quantitative estimate of drug-likeness (QED) is 0.772. The summed E-state index contributed by atoms with van der Waals surface area (Å²) in [7, 11) is -3.68. The molecule has 0 aliphatic carbocycles. The van der Waals surface area contributed by atoms with Gasteiger partial charge < -0.3 is 10.4 Å². The van der Waals surface area contributed by atoms with E-state index in [-0.39, 0.29) is 17.3 Å². The van der Waals surface area contributed by atoms with Crippen molar-refractivity contribution in [3.8, 4) is 0 Å². The summed E-state index contributed by atoms with van der Waals surface area (Å²) >= 11 is 0. The number of rotatable bonds is 4. The minimum Gasteiger partial charge on any atom is -0.392 e. The van der Waals surface area contributed by atoms with Crippen LogP contribution in [0.2, 0.25) is 0 Å². The van der Waals surface area contributed by atoms with E-state index < -0.39 is 21.5 Å². The Kier molecular flexibility index (Phi) is 4.10. The van der Waals surface area contributed by atoms with E-state index in [2.05, 4.69) is 10.0 Å². The first-order chi connectivity index (χ1) is 9.62. The Labute approximate surface area is 124 Å². The zero-order valence-corrected chi connectivity index (χ0v) is 13.1. The van der Waals surface area contributed by atoms with E-state index in [4.69, 9.17) is 0 Å². The number of fused-ring (bicyclic) bond motifs is 1. The van der Waals surface area contributed by atoms with E-state index in [1.165, 1.54) is 13.0 Å². The third-order valence-corrected chi connectivity index (χ3v) is 4.90. The predicted octanol–water partition coefficient (Wildman–Crippen LogP) is 0.965. The SMILES string of the molecule is CC(O)CNS(=O)(=O)c1ccc2c(c1)C(C)(C)CC(=O)N2. The van der Waals surface area contributed by atoms with E-state index in [0.717, 1.165) is 5.56 Å². The zero-order valence-electron chi connectivity index (χ0n) is 12.3. The van der Waals surface area contributed by atoms with Gasteiger partial charge in [-0.25, -0.2) is 13.1 Å². The standard InChI is InChI=1S/C14H20N2O4S/c1-9(17)8-15-21(19,20)10-4-5-12-11(6-10)14(2,3)7-13(18)16-12/h4-6,9,15,17H,7-8H2,1-3H3,(H,16,18). The zero-order chi connectivity index (χ0) is 15.8. The third-order valence-electron chi connectivity index (χ3n) is 3.48. The van der Waals surface area contributed by atoms with Crippen LogP contribution in [-0.2, 0) is 20.2 Å². The molecule has 0 spiro atoms. The van der Waals surface area contributed by atoms with Crippen LogP contribution in [-0.4, -0.2) is 32.1 Å². The summed E-state index contributed by atoms with van der Waals surface area (Å²) in [6.45, 7) is 5.28. The molecule has 1 unspecified atom stereocenters. The topological polar surface area (TPSA) is 95.5 Å². The van der Waals surface area contributed by atoms with E-state index in [9.17, 15) is 18.3 Å². The molecule has 3 N–H and O–H groups in total. The number of aliphatic hydroxyl groups excluding tert-OH is 1. The van der Waals surface area contributed by atoms with Gasteiger partial charge in [0.25, 0.3) is 0 Å². The largest absolute Gasteiger partial charge is 0.392 e. The molecule has 2 rings (SSSR count). The summed E-state index contributed by atoms with van der Waals surface area (Å²) in [5.74, 6) is -0.0738. The number of carbonyl (C=O) groups is 1. The molecule has 21 heavy (non-hydrogen) atoms. The van der Waals surface area contributed by atoms with Crippen molar-refractivity contribution in [1.82, 2.24) is 4.72 Å². The number of benzene rings is 1. The van der Waals surface area contributed by atoms with Gasteiger partial charge >= 0.3 is 0 Å². The second kappa shape index (κ2) is 5.40. The first-order valence-electron chi connectivity index (χ1n) is 6.74. The predicted molar refractivity (Wildman–Crippen MR) is 79.6 cm³/mol. The highest BCUT2D eigenvalue weighted by Crippen LogP contribution is 2.38. The molecule has 1 amide bonds. The van der Waals surface area contributed by atoms with Crippen molar-refractivity contribution >= 4 is 21.6 Å². The van der Waals surface area contributed by atoms with Gasteiger partial charge in [-0.1, -0.05) is 13.8 Å². The molecule has 1 atom stereocenters. The van der Waals surface area contributed by atoms with Crippen LogP contribution in [0.5, 0.6) is 0 Å². The molecule has 0 saturated heterocycles. The van der Waals surface area contributed by atoms with Gasteiger partial charge in [0.2, 0.25) is 15.9 Å². The van der Waals surface area contributed by atoms with Crippen molar-refractivity contribution < 1.29 is 18.3 Å². The lowest BCUT2D eigenvalue weighted by molar-refractivity contribution is -0.117. The Bertz CT molecular complexity index is 666. The molecule has 0 bridgehead atoms. The Morgan fingerprint density at radius 2 is 2.10 bits per heavy atom. The van der Waals surface area contributed by atoms with Crippen LogP contribution in [0.1, 0.15) is 32.8 Å². The summed E-state index contributed by atoms with van der Waals surface area (Å²) in [6.07, 6.45) is -0.446. The Morgan fingerprint density at radius 1 is 1.43 bits per heavy atom. The van der Waals surface area contributed by atoms with Crippen molar-refractivity contribution in [3.05, 3.63) is 23.8 Å². The summed E-state index contributed by atoms with van der Waals surface area (Å²) in [5.41, 5.74) is 1.01. The lowest BCUT2D eigenvalue weighted by Crippen LogP contribution is -2.34. The number of hydrogen-bond donors (Lipinski definition) is 3. The monoisotopic (exact) mass is 312 g/mol. The second-order valence-corrected chi connectivity index (χ2v) is 7.78. The van der Waals surface area contributed by atoms with Crippen molar-refractivity contribution in [2.75, 3.05) is 11.9 Å². The highest BCUT2D eigenvalue weighted by molar-refractivity contribution is 7.89. The molecule has 116 valence electrons. The van der Waals surface area contributed by atoms with Gasteiger partial charge in [0, 0.05) is 24.1 Å². The second-order valence-electron chi connectivity index (χ2n) is 6.02. The van der Waals surface area contributed by atoms with Crippen molar-refractivity contribution in [1.29, 1.82) is 0 Å². The van der Waals surface area contributed by atoms with E-state index in [0.29, 0.717) is 12.1 Å². The van der Waals surface area contributed by atoms with Gasteiger partial charge in [-0.2, -0.15) is 0 Å². The fourth-order valence-corrected chi connectivity index (χ4v) is 3.51. The Morgan fingerprint density at radius 3 is 2.71 bits per heavy atom. The van der Waals surface area contributed by atoms with Gasteiger partial charge in [0.05, 0.1) is 11.0 Å². The van der Waals surface area contributed by atoms with Gasteiger partial charge in [-0.3, -0.25) is 4.79 Å². The van der Waals surface area contributed by atoms with Crippen molar-refractivity contribution in [2.24, 2.45) is 0 Å². The lowest BCUT2D eigenvalue weighted by Gasteiger charge is -2.32. The molecule has 1 aliphatic heterocycles. The number of carbonyl (C=O) groups excluding carboxylic acids is 1. The van der Waals surface area contributed by atoms with Crippen molar-refractivity contribution in [2.45, 2.75) is 43.6 Å². The molecular weight excluding hydrogens is 292 g/mol. The molecule has 0 radical (unpaired) electrons. The fraction of sp³-hybridized carbons (Fsp3) is 0.500. The molecule has 1 aliphatic rings. The van der Waals surface area contributed by atoms with Crippen LogP contribution >= 0.6 is 0 Å². The third kappa shape index (κ3) is 3.42. The minimum absolute atomic E-state index is 0.0421. The fourth-order valence-electron chi connectivity index (χ4n) is 2.36. The maximum Gasteiger partial charge on any atom is 0.240 e. The van der Waals surface area contributed by atoms with Gasteiger partial charge in [-0.05, 0) is 30.7 Å². The lowest BCUT2D eigenvalue weighted by atomic mass is 9.78. The van der Waals surface area contributed by atoms with Crippen LogP contribution < -0.4 is 10.0 Å². The van der Waals surface area contributed by atoms with E-state index in [1.54, 1.807) is 12.1 Å². The molecule has 1 heterocycles. The van der Waals surface area contributed by atoms with Gasteiger partial charge in [0.1, 0.15) is 0 Å². The Hall–Kier alpha value is -1.44. The smallest absolute Gasteiger partial charge is 0.240 e. The number of amides is 1. The molecule has 0 fully saturated rings. The summed E-state index contributed by atoms with van der Waals surface area (Å²) < 4.78 is 26.7. The minimum atomic E-state index is -3.68. The maximum absolute atomic E-state index is 12.2. The van der Waals surface area contributed by atoms with Crippen LogP contribution in [0, 0.1) is 0 Å². The van der Waals surface area contributed by atoms with Crippen LogP contribution in [0.3, 0.4) is 0 Å². The average molecular weight is 312 g/mol. The van der Waals surface area contributed by atoms with Crippen LogP contribution in [0.25, 0.3) is 0 Å². The first kappa shape index (κ1) is 15.9. The Balaban J connectivity index is 2.39. The molecule has 0 saturated carbocycles. The first-order valence-corrected chi connectivity index (χ1v) is 8.22. The van der Waals surface area contributed by atoms with Crippen LogP contribution in [0.15, 0.2) is 23.1 Å². The summed E-state index contributed by atoms with van der Waals surface area (Å²) in [4.78, 5) is 11.8. The van der Waals surface area contributed by atoms with Gasteiger partial charge in [-0.15, -0.1) is 0 Å². The normalized spacial score (nSPS) is 18.8. The van der Waals surface area contributed by atoms with Crippen LogP contribution in [0.4, 0.5) is 5.69 Å². The molecule has 6 nitrogen and oxygen atoms in total. The number of anilines is 1. The van der Waals surface area contributed by atoms with E-state index in [1.807, 2.05) is 13.8 Å².